The van der Waals surface area contributed by atoms with Gasteiger partial charge in [-0.2, -0.15) is 0 Å². The maximum atomic E-state index is 12.5. The van der Waals surface area contributed by atoms with Gasteiger partial charge < -0.3 is 10.6 Å². The van der Waals surface area contributed by atoms with E-state index in [1.54, 1.807) is 0 Å². The number of rotatable bonds is 2. The second-order valence-electron chi connectivity index (χ2n) is 5.48. The van der Waals surface area contributed by atoms with E-state index < -0.39 is 0 Å². The van der Waals surface area contributed by atoms with E-state index in [1.807, 2.05) is 36.9 Å². The molecule has 3 nitrogen and oxygen atoms in total. The number of carbonyl (C=O) groups excluding carboxylic acids is 1. The second-order valence-corrected chi connectivity index (χ2v) is 6.33. The Balaban J connectivity index is 2.12. The topological polar surface area (TPSA) is 46.3 Å². The standard InChI is InChI=1S/C15H21BrN2O/c1-10-5-6-12(8-14(10)16)15(19)18-7-3-4-13(9-18)11(2)17/h5-6,8,11,13H,3-4,7,9,17H2,1-2H3. The van der Waals surface area contributed by atoms with E-state index in [4.69, 9.17) is 5.73 Å². The molecule has 1 fully saturated rings. The minimum Gasteiger partial charge on any atom is -0.338 e. The molecule has 1 saturated heterocycles. The van der Waals surface area contributed by atoms with Gasteiger partial charge in [0.25, 0.3) is 5.91 Å². The van der Waals surface area contributed by atoms with Crippen LogP contribution in [0.3, 0.4) is 0 Å². The molecule has 2 unspecified atom stereocenters. The SMILES string of the molecule is Cc1ccc(C(=O)N2CCCC(C(C)N)C2)cc1Br. The summed E-state index contributed by atoms with van der Waals surface area (Å²) in [4.78, 5) is 14.4. The third kappa shape index (κ3) is 3.37. The zero-order chi connectivity index (χ0) is 14.0. The Labute approximate surface area is 123 Å². The first-order valence-electron chi connectivity index (χ1n) is 6.80. The van der Waals surface area contributed by atoms with E-state index >= 15 is 0 Å². The molecule has 0 spiro atoms. The normalized spacial score (nSPS) is 21.3. The van der Waals surface area contributed by atoms with Crippen LogP contribution in [0.1, 0.15) is 35.7 Å². The van der Waals surface area contributed by atoms with Crippen LogP contribution in [-0.2, 0) is 0 Å². The van der Waals surface area contributed by atoms with Crippen molar-refractivity contribution in [3.63, 3.8) is 0 Å². The molecule has 0 saturated carbocycles. The highest BCUT2D eigenvalue weighted by molar-refractivity contribution is 9.10. The third-order valence-electron chi connectivity index (χ3n) is 3.91. The lowest BCUT2D eigenvalue weighted by atomic mass is 9.92. The monoisotopic (exact) mass is 324 g/mol. The van der Waals surface area contributed by atoms with E-state index in [0.717, 1.165) is 41.5 Å². The number of hydrogen-bond donors (Lipinski definition) is 1. The predicted octanol–water partition coefficient (Wildman–Crippen LogP) is 2.96. The number of hydrogen-bond acceptors (Lipinski definition) is 2. The van der Waals surface area contributed by atoms with E-state index in [1.165, 1.54) is 0 Å². The fraction of sp³-hybridized carbons (Fsp3) is 0.533. The summed E-state index contributed by atoms with van der Waals surface area (Å²) in [6, 6.07) is 5.94. The largest absolute Gasteiger partial charge is 0.338 e. The molecule has 2 rings (SSSR count). The summed E-state index contributed by atoms with van der Waals surface area (Å²) < 4.78 is 0.985. The molecule has 19 heavy (non-hydrogen) atoms. The van der Waals surface area contributed by atoms with Gasteiger partial charge in [-0.15, -0.1) is 0 Å². The number of piperidine rings is 1. The summed E-state index contributed by atoms with van der Waals surface area (Å²) in [6.45, 7) is 5.67. The zero-order valence-electron chi connectivity index (χ0n) is 11.5. The van der Waals surface area contributed by atoms with Crippen LogP contribution >= 0.6 is 15.9 Å². The lowest BCUT2D eigenvalue weighted by molar-refractivity contribution is 0.0661. The van der Waals surface area contributed by atoms with Gasteiger partial charge in [0.2, 0.25) is 0 Å². The summed E-state index contributed by atoms with van der Waals surface area (Å²) >= 11 is 3.48. The van der Waals surface area contributed by atoms with Crippen LogP contribution in [0.4, 0.5) is 0 Å². The molecular weight excluding hydrogens is 304 g/mol. The maximum Gasteiger partial charge on any atom is 0.253 e. The number of amides is 1. The van der Waals surface area contributed by atoms with E-state index in [2.05, 4.69) is 15.9 Å². The molecule has 1 aliphatic rings. The molecule has 1 amide bonds. The van der Waals surface area contributed by atoms with Gasteiger partial charge in [-0.05, 0) is 50.3 Å². The average molecular weight is 325 g/mol. The molecule has 0 aromatic heterocycles. The molecule has 2 N–H and O–H groups in total. The fourth-order valence-corrected chi connectivity index (χ4v) is 2.91. The van der Waals surface area contributed by atoms with Crippen molar-refractivity contribution in [2.24, 2.45) is 11.7 Å². The second kappa shape index (κ2) is 6.06. The van der Waals surface area contributed by atoms with Crippen molar-refractivity contribution >= 4 is 21.8 Å². The highest BCUT2D eigenvalue weighted by Crippen LogP contribution is 2.23. The summed E-state index contributed by atoms with van der Waals surface area (Å²) in [6.07, 6.45) is 2.17. The van der Waals surface area contributed by atoms with Gasteiger partial charge in [-0.25, -0.2) is 0 Å². The van der Waals surface area contributed by atoms with Crippen molar-refractivity contribution in [2.75, 3.05) is 13.1 Å². The minimum absolute atomic E-state index is 0.117. The van der Waals surface area contributed by atoms with Gasteiger partial charge >= 0.3 is 0 Å². The lowest BCUT2D eigenvalue weighted by Gasteiger charge is -2.34. The van der Waals surface area contributed by atoms with E-state index in [9.17, 15) is 4.79 Å². The molecule has 1 aliphatic heterocycles. The smallest absolute Gasteiger partial charge is 0.253 e. The molecule has 2 atom stereocenters. The Kier molecular flexibility index (Phi) is 4.63. The van der Waals surface area contributed by atoms with Gasteiger partial charge in [0.05, 0.1) is 0 Å². The quantitative estimate of drug-likeness (QED) is 0.909. The van der Waals surface area contributed by atoms with Crippen LogP contribution in [-0.4, -0.2) is 29.9 Å². The fourth-order valence-electron chi connectivity index (χ4n) is 2.53. The van der Waals surface area contributed by atoms with Crippen LogP contribution in [0.25, 0.3) is 0 Å². The van der Waals surface area contributed by atoms with Crippen LogP contribution in [0, 0.1) is 12.8 Å². The molecule has 104 valence electrons. The highest BCUT2D eigenvalue weighted by Gasteiger charge is 2.26. The number of halogens is 1. The molecule has 4 heteroatoms. The first-order chi connectivity index (χ1) is 8.99. The Morgan fingerprint density at radius 3 is 2.89 bits per heavy atom. The molecule has 0 radical (unpaired) electrons. The molecule has 1 aromatic carbocycles. The highest BCUT2D eigenvalue weighted by atomic mass is 79.9. The molecule has 0 aliphatic carbocycles. The number of carbonyl (C=O) groups is 1. The van der Waals surface area contributed by atoms with Crippen LogP contribution in [0.15, 0.2) is 22.7 Å². The average Bonchev–Trinajstić information content (AvgIpc) is 2.41. The minimum atomic E-state index is 0.117. The number of nitrogens with two attached hydrogens (primary N) is 1. The van der Waals surface area contributed by atoms with Crippen LogP contribution in [0.5, 0.6) is 0 Å². The Bertz CT molecular complexity index is 473. The predicted molar refractivity (Wildman–Crippen MR) is 81.2 cm³/mol. The van der Waals surface area contributed by atoms with Crippen LogP contribution < -0.4 is 5.73 Å². The summed E-state index contributed by atoms with van der Waals surface area (Å²) in [7, 11) is 0. The molecule has 0 bridgehead atoms. The van der Waals surface area contributed by atoms with Gasteiger partial charge in [0.15, 0.2) is 0 Å². The molecule has 1 heterocycles. The van der Waals surface area contributed by atoms with Crippen molar-refractivity contribution in [3.05, 3.63) is 33.8 Å². The summed E-state index contributed by atoms with van der Waals surface area (Å²) in [5, 5.41) is 0. The zero-order valence-corrected chi connectivity index (χ0v) is 13.1. The number of benzene rings is 1. The van der Waals surface area contributed by atoms with Crippen molar-refractivity contribution in [1.82, 2.24) is 4.90 Å². The van der Waals surface area contributed by atoms with Gasteiger partial charge in [-0.1, -0.05) is 22.0 Å². The molecule has 1 aromatic rings. The molecular formula is C15H21BrN2O. The number of likely N-dealkylation sites (tertiary alicyclic amines) is 1. The summed E-state index contributed by atoms with van der Waals surface area (Å²) in [5.74, 6) is 0.539. The third-order valence-corrected chi connectivity index (χ3v) is 4.76. The Morgan fingerprint density at radius 1 is 1.53 bits per heavy atom. The van der Waals surface area contributed by atoms with Gasteiger partial charge in [0, 0.05) is 29.2 Å². The lowest BCUT2D eigenvalue weighted by Crippen LogP contribution is -2.45. The van der Waals surface area contributed by atoms with Crippen molar-refractivity contribution in [3.8, 4) is 0 Å². The van der Waals surface area contributed by atoms with Gasteiger partial charge in [-0.3, -0.25) is 4.79 Å². The van der Waals surface area contributed by atoms with E-state index in [-0.39, 0.29) is 11.9 Å². The number of aryl methyl sites for hydroxylation is 1. The van der Waals surface area contributed by atoms with E-state index in [0.29, 0.717) is 5.92 Å². The summed E-state index contributed by atoms with van der Waals surface area (Å²) in [5.41, 5.74) is 7.86. The first kappa shape index (κ1) is 14.5. The van der Waals surface area contributed by atoms with Crippen molar-refractivity contribution < 1.29 is 4.79 Å². The van der Waals surface area contributed by atoms with Crippen molar-refractivity contribution in [2.45, 2.75) is 32.7 Å². The Hall–Kier alpha value is -0.870. The van der Waals surface area contributed by atoms with Crippen molar-refractivity contribution in [1.29, 1.82) is 0 Å². The maximum absolute atomic E-state index is 12.5. The Morgan fingerprint density at radius 2 is 2.26 bits per heavy atom. The number of nitrogens with zero attached hydrogens (tertiary/aromatic N) is 1. The van der Waals surface area contributed by atoms with Crippen LogP contribution in [0.2, 0.25) is 0 Å². The van der Waals surface area contributed by atoms with Gasteiger partial charge in [0.1, 0.15) is 0 Å². The first-order valence-corrected chi connectivity index (χ1v) is 7.59.